The van der Waals surface area contributed by atoms with E-state index in [2.05, 4.69) is 6.92 Å². The van der Waals surface area contributed by atoms with Crippen LogP contribution in [0.4, 0.5) is 0 Å². The van der Waals surface area contributed by atoms with Gasteiger partial charge in [-0.05, 0) is 19.3 Å². The molecular formula is C12H26O5Si. The molecule has 0 saturated carbocycles. The van der Waals surface area contributed by atoms with Crippen LogP contribution in [0.5, 0.6) is 0 Å². The first-order valence-electron chi connectivity index (χ1n) is 6.57. The molecule has 0 aliphatic carbocycles. The van der Waals surface area contributed by atoms with E-state index in [1.165, 1.54) is 0 Å². The fourth-order valence-corrected chi connectivity index (χ4v) is 4.71. The van der Waals surface area contributed by atoms with Crippen molar-refractivity contribution in [2.45, 2.75) is 37.8 Å². The highest BCUT2D eigenvalue weighted by Gasteiger charge is 2.45. The van der Waals surface area contributed by atoms with E-state index in [1.54, 1.807) is 21.3 Å². The number of hydrogen-bond donors (Lipinski definition) is 0. The highest BCUT2D eigenvalue weighted by Crippen LogP contribution is 2.30. The van der Waals surface area contributed by atoms with Gasteiger partial charge in [-0.1, -0.05) is 6.92 Å². The van der Waals surface area contributed by atoms with Crippen molar-refractivity contribution in [2.24, 2.45) is 0 Å². The van der Waals surface area contributed by atoms with Crippen molar-refractivity contribution in [3.05, 3.63) is 0 Å². The molecule has 1 fully saturated rings. The maximum absolute atomic E-state index is 5.63. The van der Waals surface area contributed by atoms with Crippen molar-refractivity contribution in [3.8, 4) is 0 Å². The minimum Gasteiger partial charge on any atom is -0.379 e. The molecule has 0 radical (unpaired) electrons. The van der Waals surface area contributed by atoms with Gasteiger partial charge in [0.05, 0.1) is 12.7 Å². The van der Waals surface area contributed by atoms with Crippen LogP contribution in [-0.4, -0.2) is 56.1 Å². The molecule has 0 bridgehead atoms. The van der Waals surface area contributed by atoms with E-state index in [0.717, 1.165) is 25.9 Å². The zero-order valence-corrected chi connectivity index (χ0v) is 12.9. The second kappa shape index (κ2) is 8.24. The molecule has 1 saturated heterocycles. The molecule has 1 aliphatic heterocycles. The minimum atomic E-state index is -2.53. The largest absolute Gasteiger partial charge is 0.503 e. The maximum atomic E-state index is 5.63. The quantitative estimate of drug-likeness (QED) is 0.451. The van der Waals surface area contributed by atoms with E-state index in [9.17, 15) is 0 Å². The summed E-state index contributed by atoms with van der Waals surface area (Å²) in [5.74, 6) is 0. The standard InChI is InChI=1S/C12H26O5Si/c1-5-12(18(13-2,14-3)15-4)7-8-16-10-11-6-9-17-11/h11-12H,5-10H2,1-4H3. The second-order valence-corrected chi connectivity index (χ2v) is 7.71. The van der Waals surface area contributed by atoms with Crippen LogP contribution in [0.2, 0.25) is 5.54 Å². The average Bonchev–Trinajstić information content (AvgIpc) is 2.36. The summed E-state index contributed by atoms with van der Waals surface area (Å²) in [6, 6.07) is 0. The van der Waals surface area contributed by atoms with Gasteiger partial charge < -0.3 is 22.8 Å². The number of hydrogen-bond acceptors (Lipinski definition) is 5. The summed E-state index contributed by atoms with van der Waals surface area (Å²) < 4.78 is 27.5. The van der Waals surface area contributed by atoms with Crippen LogP contribution in [0.15, 0.2) is 0 Å². The molecule has 2 unspecified atom stereocenters. The van der Waals surface area contributed by atoms with Gasteiger partial charge >= 0.3 is 8.80 Å². The Kier molecular flexibility index (Phi) is 7.36. The first kappa shape index (κ1) is 16.1. The number of ether oxygens (including phenoxy) is 2. The van der Waals surface area contributed by atoms with E-state index < -0.39 is 8.80 Å². The number of rotatable bonds is 10. The molecule has 1 heterocycles. The van der Waals surface area contributed by atoms with Crippen LogP contribution in [0.25, 0.3) is 0 Å². The van der Waals surface area contributed by atoms with Gasteiger partial charge in [-0.15, -0.1) is 0 Å². The Labute approximate surface area is 111 Å². The zero-order valence-electron chi connectivity index (χ0n) is 11.9. The molecule has 1 aliphatic rings. The lowest BCUT2D eigenvalue weighted by molar-refractivity contribution is -0.0942. The fraction of sp³-hybridized carbons (Fsp3) is 1.00. The first-order valence-corrected chi connectivity index (χ1v) is 8.37. The minimum absolute atomic E-state index is 0.278. The van der Waals surface area contributed by atoms with E-state index in [-0.39, 0.29) is 5.54 Å². The summed E-state index contributed by atoms with van der Waals surface area (Å²) in [5, 5.41) is 0. The zero-order chi connectivity index (χ0) is 13.4. The van der Waals surface area contributed by atoms with Gasteiger partial charge in [0.25, 0.3) is 0 Å². The summed E-state index contributed by atoms with van der Waals surface area (Å²) in [7, 11) is 2.44. The van der Waals surface area contributed by atoms with Crippen LogP contribution in [0, 0.1) is 0 Å². The highest BCUT2D eigenvalue weighted by molar-refractivity contribution is 6.62. The van der Waals surface area contributed by atoms with Crippen LogP contribution in [-0.2, 0) is 22.8 Å². The van der Waals surface area contributed by atoms with E-state index >= 15 is 0 Å². The molecule has 0 aromatic carbocycles. The molecule has 0 aromatic rings. The fourth-order valence-electron chi connectivity index (χ4n) is 2.24. The van der Waals surface area contributed by atoms with Gasteiger partial charge in [-0.2, -0.15) is 0 Å². The Morgan fingerprint density at radius 1 is 1.22 bits per heavy atom. The molecule has 18 heavy (non-hydrogen) atoms. The van der Waals surface area contributed by atoms with Gasteiger partial charge in [0.15, 0.2) is 0 Å². The van der Waals surface area contributed by atoms with E-state index in [4.69, 9.17) is 22.8 Å². The Morgan fingerprint density at radius 3 is 2.22 bits per heavy atom. The average molecular weight is 278 g/mol. The normalized spacial score (nSPS) is 21.7. The third-order valence-electron chi connectivity index (χ3n) is 3.55. The van der Waals surface area contributed by atoms with Crippen LogP contribution in [0.1, 0.15) is 26.2 Å². The first-order chi connectivity index (χ1) is 8.72. The lowest BCUT2D eigenvalue weighted by atomic mass is 10.2. The third-order valence-corrected chi connectivity index (χ3v) is 6.96. The SMILES string of the molecule is CCC(CCOCC1CCO1)[Si](OC)(OC)OC. The van der Waals surface area contributed by atoms with E-state index in [0.29, 0.717) is 19.3 Å². The maximum Gasteiger partial charge on any atom is 0.503 e. The van der Waals surface area contributed by atoms with Crippen LogP contribution >= 0.6 is 0 Å². The molecule has 0 spiro atoms. The second-order valence-electron chi connectivity index (χ2n) is 4.47. The summed E-state index contributed by atoms with van der Waals surface area (Å²) in [4.78, 5) is 0. The molecule has 0 N–H and O–H groups in total. The van der Waals surface area contributed by atoms with Crippen molar-refractivity contribution in [2.75, 3.05) is 41.2 Å². The molecule has 1 rings (SSSR count). The Bertz CT molecular complexity index is 210. The van der Waals surface area contributed by atoms with Crippen molar-refractivity contribution >= 4 is 8.80 Å². The topological polar surface area (TPSA) is 46.2 Å². The van der Waals surface area contributed by atoms with Gasteiger partial charge in [-0.3, -0.25) is 0 Å². The molecule has 5 nitrogen and oxygen atoms in total. The van der Waals surface area contributed by atoms with Gasteiger partial charge in [0.1, 0.15) is 0 Å². The molecule has 6 heteroatoms. The van der Waals surface area contributed by atoms with Gasteiger partial charge in [0, 0.05) is 40.1 Å². The van der Waals surface area contributed by atoms with E-state index in [1.807, 2.05) is 0 Å². The van der Waals surface area contributed by atoms with Crippen molar-refractivity contribution in [3.63, 3.8) is 0 Å². The molecule has 108 valence electrons. The van der Waals surface area contributed by atoms with Gasteiger partial charge in [-0.25, -0.2) is 0 Å². The smallest absolute Gasteiger partial charge is 0.379 e. The summed E-state index contributed by atoms with van der Waals surface area (Å²) in [6.07, 6.45) is 3.28. The van der Waals surface area contributed by atoms with Crippen molar-refractivity contribution in [1.82, 2.24) is 0 Å². The highest BCUT2D eigenvalue weighted by atomic mass is 28.4. The predicted molar refractivity (Wildman–Crippen MR) is 70.6 cm³/mol. The molecule has 2 atom stereocenters. The summed E-state index contributed by atoms with van der Waals surface area (Å²) in [5.41, 5.74) is 0.278. The Hall–Kier alpha value is 0.0169. The Balaban J connectivity index is 2.29. The lowest BCUT2D eigenvalue weighted by Crippen LogP contribution is -2.48. The van der Waals surface area contributed by atoms with Crippen LogP contribution < -0.4 is 0 Å². The van der Waals surface area contributed by atoms with Crippen molar-refractivity contribution < 1.29 is 22.8 Å². The summed E-state index contributed by atoms with van der Waals surface area (Å²) in [6.45, 7) is 4.39. The van der Waals surface area contributed by atoms with Crippen LogP contribution in [0.3, 0.4) is 0 Å². The third kappa shape index (κ3) is 4.01. The van der Waals surface area contributed by atoms with Crippen molar-refractivity contribution in [1.29, 1.82) is 0 Å². The lowest BCUT2D eigenvalue weighted by Gasteiger charge is -2.32. The molecular weight excluding hydrogens is 252 g/mol. The predicted octanol–water partition coefficient (Wildman–Crippen LogP) is 1.84. The Morgan fingerprint density at radius 2 is 1.83 bits per heavy atom. The summed E-state index contributed by atoms with van der Waals surface area (Å²) >= 11 is 0. The molecule has 0 aromatic heterocycles. The monoisotopic (exact) mass is 278 g/mol. The molecule has 0 amide bonds. The van der Waals surface area contributed by atoms with Gasteiger partial charge in [0.2, 0.25) is 0 Å².